The third kappa shape index (κ3) is 3.12. The first-order valence-corrected chi connectivity index (χ1v) is 4.53. The van der Waals surface area contributed by atoms with E-state index in [9.17, 15) is 0 Å². The smallest absolute Gasteiger partial charge is 0 e. The molecule has 2 aromatic carbocycles. The van der Waals surface area contributed by atoms with E-state index in [-0.39, 0.29) is 21.1 Å². The van der Waals surface area contributed by atoms with Crippen molar-refractivity contribution in [1.82, 2.24) is 0 Å². The van der Waals surface area contributed by atoms with Crippen molar-refractivity contribution in [1.29, 1.82) is 0 Å². The van der Waals surface area contributed by atoms with Gasteiger partial charge in [0, 0.05) is 21.1 Å². The molecule has 0 bridgehead atoms. The predicted octanol–water partition coefficient (Wildman–Crippen LogP) is 3.27. The van der Waals surface area contributed by atoms with Crippen LogP contribution in [0.1, 0.15) is 11.1 Å². The first kappa shape index (κ1) is 11.2. The molecule has 0 atom stereocenters. The fourth-order valence-electron chi connectivity index (χ4n) is 1.43. The number of hydrogen-bond donors (Lipinski definition) is 0. The second-order valence-corrected chi connectivity index (χ2v) is 3.15. The Kier molecular flexibility index (Phi) is 4.62. The summed E-state index contributed by atoms with van der Waals surface area (Å²) in [4.78, 5) is 0. The van der Waals surface area contributed by atoms with Crippen LogP contribution in [0, 0.1) is 0 Å². The second kappa shape index (κ2) is 5.77. The maximum absolute atomic E-state index is 2.16. The quantitative estimate of drug-likeness (QED) is 0.768. The molecule has 2 aromatic rings. The van der Waals surface area contributed by atoms with Crippen molar-refractivity contribution < 1.29 is 21.1 Å². The molecule has 0 aliphatic rings. The minimum atomic E-state index is 0. The molecule has 0 nitrogen and oxygen atoms in total. The minimum absolute atomic E-state index is 0. The van der Waals surface area contributed by atoms with Gasteiger partial charge in [0.25, 0.3) is 0 Å². The standard InChI is InChI=1S/C13H12.Pt/c1-3-7-12(8-4-1)11-13-9-5-2-6-10-13;/h1-10H,11H2;. The molecule has 0 aliphatic heterocycles. The Morgan fingerprint density at radius 3 is 1.29 bits per heavy atom. The molecule has 0 radical (unpaired) electrons. The summed E-state index contributed by atoms with van der Waals surface area (Å²) >= 11 is 0. The molecular formula is C13H12Pt. The van der Waals surface area contributed by atoms with Crippen LogP contribution in [-0.2, 0) is 27.5 Å². The third-order valence-electron chi connectivity index (χ3n) is 2.09. The van der Waals surface area contributed by atoms with Gasteiger partial charge in [-0.2, -0.15) is 0 Å². The SMILES string of the molecule is [Pt].c1ccc(Cc2ccccc2)cc1. The van der Waals surface area contributed by atoms with E-state index in [0.717, 1.165) is 6.42 Å². The fraction of sp³-hybridized carbons (Fsp3) is 0.0769. The van der Waals surface area contributed by atoms with Gasteiger partial charge >= 0.3 is 0 Å². The Labute approximate surface area is 99.2 Å². The summed E-state index contributed by atoms with van der Waals surface area (Å²) in [6.45, 7) is 0. The maximum Gasteiger partial charge on any atom is 0 e. The Morgan fingerprint density at radius 1 is 0.571 bits per heavy atom. The molecule has 0 aromatic heterocycles. The fourth-order valence-corrected chi connectivity index (χ4v) is 1.43. The zero-order chi connectivity index (χ0) is 8.93. The van der Waals surface area contributed by atoms with Crippen LogP contribution in [0.4, 0.5) is 0 Å². The van der Waals surface area contributed by atoms with Crippen molar-refractivity contribution in [2.45, 2.75) is 6.42 Å². The second-order valence-electron chi connectivity index (χ2n) is 3.15. The van der Waals surface area contributed by atoms with Crippen LogP contribution in [0.2, 0.25) is 0 Å². The summed E-state index contributed by atoms with van der Waals surface area (Å²) in [7, 11) is 0. The molecule has 0 spiro atoms. The Hall–Kier alpha value is -0.872. The minimum Gasteiger partial charge on any atom is -0.0622 e. The molecule has 0 aliphatic carbocycles. The van der Waals surface area contributed by atoms with Gasteiger partial charge in [-0.3, -0.25) is 0 Å². The molecule has 0 saturated heterocycles. The van der Waals surface area contributed by atoms with E-state index in [1.54, 1.807) is 0 Å². The summed E-state index contributed by atoms with van der Waals surface area (Å²) < 4.78 is 0. The first-order valence-electron chi connectivity index (χ1n) is 4.53. The molecule has 0 amide bonds. The summed E-state index contributed by atoms with van der Waals surface area (Å²) in [6, 6.07) is 21.1. The Morgan fingerprint density at radius 2 is 0.929 bits per heavy atom. The molecule has 1 heteroatoms. The van der Waals surface area contributed by atoms with Gasteiger partial charge in [-0.15, -0.1) is 0 Å². The molecule has 2 rings (SSSR count). The van der Waals surface area contributed by atoms with Gasteiger partial charge < -0.3 is 0 Å². The normalized spacial score (nSPS) is 9.14. The first-order chi connectivity index (χ1) is 6.45. The zero-order valence-electron chi connectivity index (χ0n) is 7.80. The van der Waals surface area contributed by atoms with Gasteiger partial charge in [-0.25, -0.2) is 0 Å². The van der Waals surface area contributed by atoms with E-state index in [1.807, 2.05) is 0 Å². The summed E-state index contributed by atoms with van der Waals surface area (Å²) in [5.41, 5.74) is 2.74. The Balaban J connectivity index is 0.000000980. The summed E-state index contributed by atoms with van der Waals surface area (Å²) in [5, 5.41) is 0. The van der Waals surface area contributed by atoms with E-state index < -0.39 is 0 Å². The van der Waals surface area contributed by atoms with Crippen molar-refractivity contribution >= 4 is 0 Å². The zero-order valence-corrected chi connectivity index (χ0v) is 10.1. The average molecular weight is 363 g/mol. The summed E-state index contributed by atoms with van der Waals surface area (Å²) in [5.74, 6) is 0. The van der Waals surface area contributed by atoms with Crippen molar-refractivity contribution in [3.8, 4) is 0 Å². The topological polar surface area (TPSA) is 0 Å². The summed E-state index contributed by atoms with van der Waals surface area (Å²) in [6.07, 6.45) is 1.03. The molecule has 0 fully saturated rings. The van der Waals surface area contributed by atoms with Crippen LogP contribution in [0.15, 0.2) is 60.7 Å². The van der Waals surface area contributed by atoms with Crippen LogP contribution in [-0.4, -0.2) is 0 Å². The third-order valence-corrected chi connectivity index (χ3v) is 2.09. The van der Waals surface area contributed by atoms with E-state index in [4.69, 9.17) is 0 Å². The van der Waals surface area contributed by atoms with Crippen LogP contribution < -0.4 is 0 Å². The van der Waals surface area contributed by atoms with Crippen LogP contribution >= 0.6 is 0 Å². The van der Waals surface area contributed by atoms with Gasteiger partial charge in [-0.05, 0) is 17.5 Å². The maximum atomic E-state index is 2.16. The monoisotopic (exact) mass is 363 g/mol. The van der Waals surface area contributed by atoms with E-state index in [2.05, 4.69) is 60.7 Å². The van der Waals surface area contributed by atoms with Crippen molar-refractivity contribution in [3.05, 3.63) is 71.8 Å². The van der Waals surface area contributed by atoms with Crippen LogP contribution in [0.25, 0.3) is 0 Å². The van der Waals surface area contributed by atoms with E-state index in [1.165, 1.54) is 11.1 Å². The molecule has 74 valence electrons. The van der Waals surface area contributed by atoms with Gasteiger partial charge in [0.2, 0.25) is 0 Å². The molecule has 14 heavy (non-hydrogen) atoms. The molecule has 0 unspecified atom stereocenters. The van der Waals surface area contributed by atoms with Crippen molar-refractivity contribution in [2.75, 3.05) is 0 Å². The largest absolute Gasteiger partial charge is 0.0622 e. The van der Waals surface area contributed by atoms with Gasteiger partial charge in [0.05, 0.1) is 0 Å². The van der Waals surface area contributed by atoms with Crippen molar-refractivity contribution in [2.24, 2.45) is 0 Å². The average Bonchev–Trinajstić information content (AvgIpc) is 2.21. The predicted molar refractivity (Wildman–Crippen MR) is 55.7 cm³/mol. The van der Waals surface area contributed by atoms with Crippen molar-refractivity contribution in [3.63, 3.8) is 0 Å². The van der Waals surface area contributed by atoms with Gasteiger partial charge in [0.15, 0.2) is 0 Å². The molecule has 0 N–H and O–H groups in total. The number of benzene rings is 2. The molecular weight excluding hydrogens is 351 g/mol. The molecule has 0 saturated carbocycles. The van der Waals surface area contributed by atoms with Crippen LogP contribution in [0.5, 0.6) is 0 Å². The van der Waals surface area contributed by atoms with Crippen LogP contribution in [0.3, 0.4) is 0 Å². The number of hydrogen-bond acceptors (Lipinski definition) is 0. The number of rotatable bonds is 2. The molecule has 0 heterocycles. The van der Waals surface area contributed by atoms with Gasteiger partial charge in [-0.1, -0.05) is 60.7 Å². The van der Waals surface area contributed by atoms with Gasteiger partial charge in [0.1, 0.15) is 0 Å². The van der Waals surface area contributed by atoms with E-state index in [0.29, 0.717) is 0 Å². The van der Waals surface area contributed by atoms with E-state index >= 15 is 0 Å². The Bertz CT molecular complexity index is 316.